The van der Waals surface area contributed by atoms with E-state index in [2.05, 4.69) is 0 Å². The standard InChI is InChI=1S/C25H16Cl2FNO3/c1-13-10-20-18(11-19(13)27)23(30)21-22(15-4-6-16(26)7-5-15)29(25(31)24(21)32-20)12-14-2-8-17(28)9-3-14/h2-11,22H,12H2,1H3. The molecule has 0 spiro atoms. The molecular weight excluding hydrogens is 452 g/mol. The van der Waals surface area contributed by atoms with Gasteiger partial charge in [-0.15, -0.1) is 0 Å². The van der Waals surface area contributed by atoms with Crippen LogP contribution in [0.5, 0.6) is 0 Å². The van der Waals surface area contributed by atoms with Gasteiger partial charge in [-0.2, -0.15) is 0 Å². The quantitative estimate of drug-likeness (QED) is 0.355. The summed E-state index contributed by atoms with van der Waals surface area (Å²) in [6.45, 7) is 1.97. The number of carbonyl (C=O) groups excluding carboxylic acids is 1. The molecule has 7 heteroatoms. The molecule has 160 valence electrons. The average Bonchev–Trinajstić information content (AvgIpc) is 3.04. The van der Waals surface area contributed by atoms with Crippen LogP contribution < -0.4 is 5.43 Å². The molecule has 0 N–H and O–H groups in total. The molecule has 1 aromatic heterocycles. The highest BCUT2D eigenvalue weighted by atomic mass is 35.5. The summed E-state index contributed by atoms with van der Waals surface area (Å²) in [4.78, 5) is 28.5. The Morgan fingerprint density at radius 2 is 1.69 bits per heavy atom. The summed E-state index contributed by atoms with van der Waals surface area (Å²) in [7, 11) is 0. The average molecular weight is 468 g/mol. The van der Waals surface area contributed by atoms with Crippen LogP contribution in [0.3, 0.4) is 0 Å². The number of fused-ring (bicyclic) bond motifs is 2. The number of amides is 1. The lowest BCUT2D eigenvalue weighted by molar-refractivity contribution is 0.0714. The van der Waals surface area contributed by atoms with Gasteiger partial charge in [0.25, 0.3) is 5.91 Å². The van der Waals surface area contributed by atoms with Crippen molar-refractivity contribution in [3.8, 4) is 0 Å². The predicted octanol–water partition coefficient (Wildman–Crippen LogP) is 6.29. The Morgan fingerprint density at radius 3 is 2.38 bits per heavy atom. The fraction of sp³-hybridized carbons (Fsp3) is 0.120. The first-order valence-corrected chi connectivity index (χ1v) is 10.7. The largest absolute Gasteiger partial charge is 0.450 e. The van der Waals surface area contributed by atoms with Gasteiger partial charge < -0.3 is 9.32 Å². The van der Waals surface area contributed by atoms with Crippen molar-refractivity contribution < 1.29 is 13.6 Å². The second-order valence-corrected chi connectivity index (χ2v) is 8.63. The number of hydrogen-bond donors (Lipinski definition) is 0. The normalized spacial score (nSPS) is 15.4. The van der Waals surface area contributed by atoms with Crippen molar-refractivity contribution in [1.82, 2.24) is 4.90 Å². The van der Waals surface area contributed by atoms with Crippen LogP contribution in [-0.2, 0) is 6.54 Å². The zero-order chi connectivity index (χ0) is 22.6. The van der Waals surface area contributed by atoms with E-state index in [0.29, 0.717) is 26.6 Å². The lowest BCUT2D eigenvalue weighted by atomic mass is 9.98. The van der Waals surface area contributed by atoms with Gasteiger partial charge in [-0.1, -0.05) is 47.5 Å². The van der Waals surface area contributed by atoms with Crippen LogP contribution in [0, 0.1) is 12.7 Å². The number of rotatable bonds is 3. The summed E-state index contributed by atoms with van der Waals surface area (Å²) < 4.78 is 19.3. The molecule has 32 heavy (non-hydrogen) atoms. The van der Waals surface area contributed by atoms with E-state index in [-0.39, 0.29) is 29.1 Å². The van der Waals surface area contributed by atoms with E-state index in [4.69, 9.17) is 27.6 Å². The van der Waals surface area contributed by atoms with E-state index >= 15 is 0 Å². The highest BCUT2D eigenvalue weighted by molar-refractivity contribution is 6.32. The SMILES string of the molecule is Cc1cc2oc3c(c(=O)c2cc1Cl)C(c1ccc(Cl)cc1)N(Cc1ccc(F)cc1)C3=O. The maximum absolute atomic E-state index is 13.5. The second-order valence-electron chi connectivity index (χ2n) is 7.79. The van der Waals surface area contributed by atoms with Crippen molar-refractivity contribution >= 4 is 40.1 Å². The Hall–Kier alpha value is -3.15. The molecule has 3 aromatic carbocycles. The van der Waals surface area contributed by atoms with Gasteiger partial charge in [0.15, 0.2) is 5.43 Å². The van der Waals surface area contributed by atoms with E-state index in [1.165, 1.54) is 12.1 Å². The van der Waals surface area contributed by atoms with Crippen LogP contribution in [0.4, 0.5) is 4.39 Å². The zero-order valence-corrected chi connectivity index (χ0v) is 18.4. The van der Waals surface area contributed by atoms with Crippen molar-refractivity contribution in [2.24, 2.45) is 0 Å². The highest BCUT2D eigenvalue weighted by Crippen LogP contribution is 2.39. The van der Waals surface area contributed by atoms with Gasteiger partial charge in [-0.3, -0.25) is 9.59 Å². The van der Waals surface area contributed by atoms with Crippen LogP contribution >= 0.6 is 23.2 Å². The van der Waals surface area contributed by atoms with Gasteiger partial charge in [-0.05, 0) is 60.0 Å². The molecule has 1 atom stereocenters. The third-order valence-electron chi connectivity index (χ3n) is 5.70. The van der Waals surface area contributed by atoms with Gasteiger partial charge in [0.2, 0.25) is 5.76 Å². The van der Waals surface area contributed by atoms with E-state index in [1.54, 1.807) is 60.4 Å². The second kappa shape index (κ2) is 7.76. The summed E-state index contributed by atoms with van der Waals surface area (Å²) in [6, 6.07) is 15.4. The molecule has 5 rings (SSSR count). The van der Waals surface area contributed by atoms with E-state index < -0.39 is 11.9 Å². The molecule has 0 fully saturated rings. The van der Waals surface area contributed by atoms with Crippen LogP contribution in [0.15, 0.2) is 69.9 Å². The Bertz CT molecular complexity index is 1430. The molecule has 4 nitrogen and oxygen atoms in total. The first-order valence-electron chi connectivity index (χ1n) is 9.91. The van der Waals surface area contributed by atoms with Crippen LogP contribution in [0.1, 0.15) is 38.9 Å². The number of carbonyl (C=O) groups is 1. The van der Waals surface area contributed by atoms with Crippen molar-refractivity contribution in [3.05, 3.63) is 115 Å². The Balaban J connectivity index is 1.73. The minimum absolute atomic E-state index is 0.00582. The van der Waals surface area contributed by atoms with E-state index in [0.717, 1.165) is 11.1 Å². The van der Waals surface area contributed by atoms with Gasteiger partial charge in [0.1, 0.15) is 11.4 Å². The summed E-state index contributed by atoms with van der Waals surface area (Å²) in [5, 5.41) is 1.30. The van der Waals surface area contributed by atoms with Crippen molar-refractivity contribution in [2.75, 3.05) is 0 Å². The number of halogens is 3. The van der Waals surface area contributed by atoms with Gasteiger partial charge >= 0.3 is 0 Å². The third-order valence-corrected chi connectivity index (χ3v) is 6.36. The fourth-order valence-corrected chi connectivity index (χ4v) is 4.37. The van der Waals surface area contributed by atoms with E-state index in [9.17, 15) is 14.0 Å². The molecule has 0 bridgehead atoms. The number of benzene rings is 3. The summed E-state index contributed by atoms with van der Waals surface area (Å²) in [5.41, 5.74) is 2.44. The molecule has 1 aliphatic rings. The molecule has 0 saturated carbocycles. The minimum atomic E-state index is -0.680. The number of hydrogen-bond acceptors (Lipinski definition) is 3. The molecule has 1 aliphatic heterocycles. The molecule has 0 radical (unpaired) electrons. The third kappa shape index (κ3) is 3.38. The first kappa shape index (κ1) is 20.7. The Labute approximate surface area is 192 Å². The lowest BCUT2D eigenvalue weighted by Gasteiger charge is -2.25. The van der Waals surface area contributed by atoms with Crippen LogP contribution in [-0.4, -0.2) is 10.8 Å². The predicted molar refractivity (Wildman–Crippen MR) is 122 cm³/mol. The Morgan fingerprint density at radius 1 is 1.00 bits per heavy atom. The van der Waals surface area contributed by atoms with Gasteiger partial charge in [0, 0.05) is 16.6 Å². The number of aryl methyl sites for hydroxylation is 1. The molecule has 1 unspecified atom stereocenters. The molecule has 4 aromatic rings. The lowest BCUT2D eigenvalue weighted by Crippen LogP contribution is -2.29. The molecule has 0 saturated heterocycles. The zero-order valence-electron chi connectivity index (χ0n) is 16.9. The minimum Gasteiger partial charge on any atom is -0.450 e. The molecule has 1 amide bonds. The molecule has 2 heterocycles. The molecular formula is C25H16Cl2FNO3. The van der Waals surface area contributed by atoms with Gasteiger partial charge in [0.05, 0.1) is 17.0 Å². The van der Waals surface area contributed by atoms with Gasteiger partial charge in [-0.25, -0.2) is 4.39 Å². The topological polar surface area (TPSA) is 50.5 Å². The number of nitrogens with zero attached hydrogens (tertiary/aromatic N) is 1. The van der Waals surface area contributed by atoms with Crippen LogP contribution in [0.2, 0.25) is 10.0 Å². The maximum Gasteiger partial charge on any atom is 0.291 e. The van der Waals surface area contributed by atoms with E-state index in [1.807, 2.05) is 0 Å². The summed E-state index contributed by atoms with van der Waals surface area (Å²) >= 11 is 12.3. The monoisotopic (exact) mass is 467 g/mol. The summed E-state index contributed by atoms with van der Waals surface area (Å²) in [5.74, 6) is -0.767. The fourth-order valence-electron chi connectivity index (χ4n) is 4.08. The summed E-state index contributed by atoms with van der Waals surface area (Å²) in [6.07, 6.45) is 0. The van der Waals surface area contributed by atoms with Crippen molar-refractivity contribution in [2.45, 2.75) is 19.5 Å². The van der Waals surface area contributed by atoms with Crippen LogP contribution in [0.25, 0.3) is 11.0 Å². The van der Waals surface area contributed by atoms with Crippen molar-refractivity contribution in [3.63, 3.8) is 0 Å². The highest BCUT2D eigenvalue weighted by Gasteiger charge is 2.42. The Kier molecular flexibility index (Phi) is 5.03. The first-order chi connectivity index (χ1) is 15.3. The van der Waals surface area contributed by atoms with Crippen molar-refractivity contribution in [1.29, 1.82) is 0 Å². The maximum atomic E-state index is 13.5. The molecule has 0 aliphatic carbocycles. The smallest absolute Gasteiger partial charge is 0.291 e.